The van der Waals surface area contributed by atoms with Gasteiger partial charge in [0.05, 0.1) is 0 Å². The van der Waals surface area contributed by atoms with E-state index in [1.165, 1.54) is 37.9 Å². The molecule has 0 aromatic rings. The van der Waals surface area contributed by atoms with E-state index < -0.39 is 0 Å². The molecule has 12 heavy (non-hydrogen) atoms. The molecule has 0 amide bonds. The standard InChI is InChI=1S/C9H18N2S/c10-11-9(7-4-5-7)8-3-1-2-6-12-8/h7-9,11H,1-6,10H2. The van der Waals surface area contributed by atoms with E-state index in [1.807, 2.05) is 0 Å². The Kier molecular flexibility index (Phi) is 2.94. The first-order chi connectivity index (χ1) is 5.92. The average molecular weight is 186 g/mol. The Balaban J connectivity index is 1.85. The monoisotopic (exact) mass is 186 g/mol. The lowest BCUT2D eigenvalue weighted by molar-refractivity contribution is 0.433. The molecule has 2 unspecified atom stereocenters. The summed E-state index contributed by atoms with van der Waals surface area (Å²) in [5.74, 6) is 7.82. The second kappa shape index (κ2) is 3.99. The maximum atomic E-state index is 5.58. The van der Waals surface area contributed by atoms with E-state index in [9.17, 15) is 0 Å². The van der Waals surface area contributed by atoms with E-state index in [1.54, 1.807) is 0 Å². The average Bonchev–Trinajstić information content (AvgIpc) is 2.92. The summed E-state index contributed by atoms with van der Waals surface area (Å²) in [6, 6.07) is 0.607. The van der Waals surface area contributed by atoms with E-state index in [-0.39, 0.29) is 0 Å². The highest BCUT2D eigenvalue weighted by Gasteiger charge is 2.36. The number of hydrogen-bond donors (Lipinski definition) is 2. The molecule has 2 fully saturated rings. The molecule has 0 aromatic carbocycles. The van der Waals surface area contributed by atoms with Crippen LogP contribution in [0.5, 0.6) is 0 Å². The van der Waals surface area contributed by atoms with E-state index in [4.69, 9.17) is 5.84 Å². The molecule has 0 radical (unpaired) electrons. The van der Waals surface area contributed by atoms with Crippen molar-refractivity contribution in [2.24, 2.45) is 11.8 Å². The molecule has 1 aliphatic carbocycles. The Hall–Kier alpha value is 0.270. The van der Waals surface area contributed by atoms with Gasteiger partial charge in [-0.3, -0.25) is 11.3 Å². The molecule has 2 atom stereocenters. The molecule has 3 N–H and O–H groups in total. The van der Waals surface area contributed by atoms with Crippen molar-refractivity contribution in [1.29, 1.82) is 0 Å². The Morgan fingerprint density at radius 3 is 2.58 bits per heavy atom. The number of nitrogens with two attached hydrogens (primary N) is 1. The second-order valence-electron chi connectivity index (χ2n) is 3.93. The molecule has 3 heteroatoms. The fraction of sp³-hybridized carbons (Fsp3) is 1.00. The zero-order valence-electron chi connectivity index (χ0n) is 7.46. The number of rotatable bonds is 3. The van der Waals surface area contributed by atoms with Gasteiger partial charge in [-0.05, 0) is 37.4 Å². The molecule has 70 valence electrons. The van der Waals surface area contributed by atoms with E-state index in [2.05, 4.69) is 17.2 Å². The van der Waals surface area contributed by atoms with Crippen molar-refractivity contribution in [3.8, 4) is 0 Å². The third-order valence-electron chi connectivity index (χ3n) is 2.94. The summed E-state index contributed by atoms with van der Waals surface area (Å²) < 4.78 is 0. The summed E-state index contributed by atoms with van der Waals surface area (Å²) in [5, 5.41) is 0.802. The van der Waals surface area contributed by atoms with Crippen LogP contribution in [0.15, 0.2) is 0 Å². The van der Waals surface area contributed by atoms with Crippen LogP contribution in [0.25, 0.3) is 0 Å². The molecule has 1 saturated heterocycles. The van der Waals surface area contributed by atoms with Crippen LogP contribution < -0.4 is 11.3 Å². The predicted molar refractivity (Wildman–Crippen MR) is 53.9 cm³/mol. The maximum absolute atomic E-state index is 5.58. The first kappa shape index (κ1) is 8.85. The van der Waals surface area contributed by atoms with Gasteiger partial charge < -0.3 is 0 Å². The lowest BCUT2D eigenvalue weighted by atomic mass is 10.0. The van der Waals surface area contributed by atoms with Crippen molar-refractivity contribution in [2.45, 2.75) is 43.4 Å². The van der Waals surface area contributed by atoms with Crippen molar-refractivity contribution < 1.29 is 0 Å². The number of thioether (sulfide) groups is 1. The molecule has 0 bridgehead atoms. The van der Waals surface area contributed by atoms with Crippen molar-refractivity contribution in [3.05, 3.63) is 0 Å². The topological polar surface area (TPSA) is 38.0 Å². The highest BCUT2D eigenvalue weighted by atomic mass is 32.2. The molecule has 1 aliphatic heterocycles. The first-order valence-corrected chi connectivity index (χ1v) is 6.04. The van der Waals surface area contributed by atoms with E-state index in [0.29, 0.717) is 6.04 Å². The zero-order valence-corrected chi connectivity index (χ0v) is 8.28. The Bertz CT molecular complexity index is 141. The molecule has 2 aliphatic rings. The molecule has 0 spiro atoms. The SMILES string of the molecule is NNC(C1CC1)C1CCCCS1. The van der Waals surface area contributed by atoms with Crippen LogP contribution in [0.1, 0.15) is 32.1 Å². The third-order valence-corrected chi connectivity index (χ3v) is 4.42. The summed E-state index contributed by atoms with van der Waals surface area (Å²) >= 11 is 2.12. The van der Waals surface area contributed by atoms with Crippen LogP contribution in [0.4, 0.5) is 0 Å². The molecule has 2 nitrogen and oxygen atoms in total. The van der Waals surface area contributed by atoms with E-state index in [0.717, 1.165) is 11.2 Å². The molecule has 1 heterocycles. The van der Waals surface area contributed by atoms with Crippen LogP contribution in [0, 0.1) is 5.92 Å². The molecule has 0 aromatic heterocycles. The second-order valence-corrected chi connectivity index (χ2v) is 5.28. The quantitative estimate of drug-likeness (QED) is 0.518. The van der Waals surface area contributed by atoms with Crippen LogP contribution in [-0.2, 0) is 0 Å². The van der Waals surface area contributed by atoms with Crippen molar-refractivity contribution in [2.75, 3.05) is 5.75 Å². The fourth-order valence-corrected chi connectivity index (χ4v) is 3.57. The first-order valence-electron chi connectivity index (χ1n) is 4.99. The van der Waals surface area contributed by atoms with Gasteiger partial charge in [0.1, 0.15) is 0 Å². The molecular formula is C9H18N2S. The van der Waals surface area contributed by atoms with Gasteiger partial charge in [-0.15, -0.1) is 0 Å². The van der Waals surface area contributed by atoms with Crippen LogP contribution in [0.2, 0.25) is 0 Å². The molecular weight excluding hydrogens is 168 g/mol. The fourth-order valence-electron chi connectivity index (χ4n) is 2.05. The van der Waals surface area contributed by atoms with Crippen LogP contribution in [-0.4, -0.2) is 17.0 Å². The van der Waals surface area contributed by atoms with E-state index >= 15 is 0 Å². The van der Waals surface area contributed by atoms with Gasteiger partial charge in [-0.25, -0.2) is 0 Å². The van der Waals surface area contributed by atoms with Gasteiger partial charge in [-0.2, -0.15) is 11.8 Å². The minimum absolute atomic E-state index is 0.607. The third kappa shape index (κ3) is 1.95. The zero-order chi connectivity index (χ0) is 8.39. The lowest BCUT2D eigenvalue weighted by Gasteiger charge is -2.29. The van der Waals surface area contributed by atoms with Crippen LogP contribution in [0.3, 0.4) is 0 Å². The van der Waals surface area contributed by atoms with Gasteiger partial charge in [0.15, 0.2) is 0 Å². The number of hydrogen-bond acceptors (Lipinski definition) is 3. The smallest absolute Gasteiger partial charge is 0.0357 e. The Morgan fingerprint density at radius 1 is 1.25 bits per heavy atom. The highest BCUT2D eigenvalue weighted by molar-refractivity contribution is 8.00. The minimum Gasteiger partial charge on any atom is -0.271 e. The Morgan fingerprint density at radius 2 is 2.08 bits per heavy atom. The van der Waals surface area contributed by atoms with Gasteiger partial charge in [0, 0.05) is 11.3 Å². The van der Waals surface area contributed by atoms with Gasteiger partial charge in [0.2, 0.25) is 0 Å². The normalized spacial score (nSPS) is 33.2. The summed E-state index contributed by atoms with van der Waals surface area (Å²) in [5.41, 5.74) is 3.01. The van der Waals surface area contributed by atoms with Crippen molar-refractivity contribution >= 4 is 11.8 Å². The summed E-state index contributed by atoms with van der Waals surface area (Å²) in [7, 11) is 0. The molecule has 1 saturated carbocycles. The maximum Gasteiger partial charge on any atom is 0.0357 e. The van der Waals surface area contributed by atoms with Crippen molar-refractivity contribution in [1.82, 2.24) is 5.43 Å². The van der Waals surface area contributed by atoms with Gasteiger partial charge >= 0.3 is 0 Å². The van der Waals surface area contributed by atoms with Gasteiger partial charge in [-0.1, -0.05) is 6.42 Å². The largest absolute Gasteiger partial charge is 0.271 e. The Labute approximate surface area is 78.6 Å². The van der Waals surface area contributed by atoms with Crippen molar-refractivity contribution in [3.63, 3.8) is 0 Å². The highest BCUT2D eigenvalue weighted by Crippen LogP contribution is 2.39. The summed E-state index contributed by atoms with van der Waals surface area (Å²) in [6.07, 6.45) is 6.97. The summed E-state index contributed by atoms with van der Waals surface area (Å²) in [6.45, 7) is 0. The summed E-state index contributed by atoms with van der Waals surface area (Å²) in [4.78, 5) is 0. The van der Waals surface area contributed by atoms with Crippen LogP contribution >= 0.6 is 11.8 Å². The number of nitrogens with one attached hydrogen (secondary N) is 1. The molecule has 2 rings (SSSR count). The number of hydrazine groups is 1. The lowest BCUT2D eigenvalue weighted by Crippen LogP contribution is -2.45. The predicted octanol–water partition coefficient (Wildman–Crippen LogP) is 1.51. The van der Waals surface area contributed by atoms with Gasteiger partial charge in [0.25, 0.3) is 0 Å². The minimum atomic E-state index is 0.607.